The van der Waals surface area contributed by atoms with Gasteiger partial charge in [-0.25, -0.2) is 0 Å². The first-order valence-electron chi connectivity index (χ1n) is 5.70. The predicted molar refractivity (Wildman–Crippen MR) is 69.4 cm³/mol. The Kier molecular flexibility index (Phi) is 4.30. The Hall–Kier alpha value is -1.09. The van der Waals surface area contributed by atoms with Crippen LogP contribution in [0, 0.1) is 0 Å². The van der Waals surface area contributed by atoms with Crippen LogP contribution in [0.5, 0.6) is 5.75 Å². The summed E-state index contributed by atoms with van der Waals surface area (Å²) < 4.78 is 5.84. The zero-order valence-electron chi connectivity index (χ0n) is 10.5. The van der Waals surface area contributed by atoms with Gasteiger partial charge in [0.2, 0.25) is 8.32 Å². The number of rotatable bonds is 5. The molecule has 16 heavy (non-hydrogen) atoms. The number of benzene rings is 1. The van der Waals surface area contributed by atoms with Crippen molar-refractivity contribution in [2.45, 2.75) is 39.4 Å². The van der Waals surface area contributed by atoms with Crippen molar-refractivity contribution in [3.63, 3.8) is 0 Å². The molecule has 0 aromatic heterocycles. The van der Waals surface area contributed by atoms with Crippen LogP contribution in [0.1, 0.15) is 18.9 Å². The molecule has 0 fully saturated rings. The number of Topliss-reactive ketones (excluding diaryl/α,β-unsaturated/α-hetero) is 1. The Morgan fingerprint density at radius 1 is 1.19 bits per heavy atom. The molecule has 0 heterocycles. The highest BCUT2D eigenvalue weighted by Gasteiger charge is 2.15. The number of carbonyl (C=O) groups excluding carboxylic acids is 1. The van der Waals surface area contributed by atoms with Crippen LogP contribution >= 0.6 is 0 Å². The molecule has 0 unspecified atom stereocenters. The van der Waals surface area contributed by atoms with Gasteiger partial charge in [0.1, 0.15) is 11.5 Å². The first-order valence-corrected chi connectivity index (χ1v) is 9.11. The van der Waals surface area contributed by atoms with Crippen molar-refractivity contribution in [2.75, 3.05) is 0 Å². The first kappa shape index (κ1) is 13.0. The van der Waals surface area contributed by atoms with E-state index < -0.39 is 8.32 Å². The van der Waals surface area contributed by atoms with E-state index in [-0.39, 0.29) is 5.78 Å². The Morgan fingerprint density at radius 2 is 1.75 bits per heavy atom. The molecule has 0 amide bonds. The monoisotopic (exact) mass is 236 g/mol. The molecule has 0 radical (unpaired) electrons. The Balaban J connectivity index is 2.64. The van der Waals surface area contributed by atoms with Crippen molar-refractivity contribution in [3.05, 3.63) is 29.8 Å². The molecule has 0 atom stereocenters. The third-order valence-corrected chi connectivity index (χ3v) is 2.99. The molecular formula is C13H20O2Si. The van der Waals surface area contributed by atoms with E-state index >= 15 is 0 Å². The fraction of sp³-hybridized carbons (Fsp3) is 0.462. The molecule has 1 rings (SSSR count). The molecule has 0 aliphatic carbocycles. The number of hydrogen-bond acceptors (Lipinski definition) is 2. The summed E-state index contributed by atoms with van der Waals surface area (Å²) in [6, 6.07) is 7.86. The van der Waals surface area contributed by atoms with Crippen LogP contribution in [0.25, 0.3) is 0 Å². The van der Waals surface area contributed by atoms with E-state index in [1.54, 1.807) is 0 Å². The smallest absolute Gasteiger partial charge is 0.242 e. The second kappa shape index (κ2) is 5.30. The summed E-state index contributed by atoms with van der Waals surface area (Å²) in [5, 5.41) is 0. The van der Waals surface area contributed by atoms with Gasteiger partial charge in [0.15, 0.2) is 0 Å². The van der Waals surface area contributed by atoms with Crippen molar-refractivity contribution < 1.29 is 9.22 Å². The van der Waals surface area contributed by atoms with Crippen molar-refractivity contribution in [3.8, 4) is 5.75 Å². The van der Waals surface area contributed by atoms with Crippen LogP contribution in [0.2, 0.25) is 19.6 Å². The fourth-order valence-electron chi connectivity index (χ4n) is 1.38. The van der Waals surface area contributed by atoms with Gasteiger partial charge in [-0.15, -0.1) is 0 Å². The molecule has 88 valence electrons. The maximum atomic E-state index is 11.3. The standard InChI is InChI=1S/C13H20O2Si/c1-5-12(14)10-11-6-8-13(9-7-11)15-16(2,3)4/h6-9H,5,10H2,1-4H3. The quantitative estimate of drug-likeness (QED) is 0.732. The number of ketones is 1. The van der Waals surface area contributed by atoms with Gasteiger partial charge in [0.05, 0.1) is 0 Å². The third kappa shape index (κ3) is 4.62. The number of carbonyl (C=O) groups is 1. The lowest BCUT2D eigenvalue weighted by Crippen LogP contribution is -2.29. The van der Waals surface area contributed by atoms with Gasteiger partial charge in [-0.05, 0) is 37.3 Å². The number of hydrogen-bond donors (Lipinski definition) is 0. The molecule has 1 aromatic rings. The van der Waals surface area contributed by atoms with Gasteiger partial charge in [0.25, 0.3) is 0 Å². The molecule has 0 aliphatic heterocycles. The van der Waals surface area contributed by atoms with Crippen LogP contribution in [-0.4, -0.2) is 14.1 Å². The summed E-state index contributed by atoms with van der Waals surface area (Å²) in [4.78, 5) is 11.3. The van der Waals surface area contributed by atoms with Crippen LogP contribution in [0.15, 0.2) is 24.3 Å². The average molecular weight is 236 g/mol. The Labute approximate surface area is 98.8 Å². The average Bonchev–Trinajstić information content (AvgIpc) is 2.18. The van der Waals surface area contributed by atoms with Gasteiger partial charge < -0.3 is 4.43 Å². The fourth-order valence-corrected chi connectivity index (χ4v) is 2.22. The second-order valence-electron chi connectivity index (χ2n) is 4.93. The topological polar surface area (TPSA) is 26.3 Å². The van der Waals surface area contributed by atoms with E-state index in [4.69, 9.17) is 4.43 Å². The summed E-state index contributed by atoms with van der Waals surface area (Å²) in [6.07, 6.45) is 1.14. The van der Waals surface area contributed by atoms with Crippen molar-refractivity contribution in [1.82, 2.24) is 0 Å². The molecule has 0 bridgehead atoms. The third-order valence-electron chi connectivity index (χ3n) is 2.14. The summed E-state index contributed by atoms with van der Waals surface area (Å²) in [6.45, 7) is 8.36. The molecule has 0 N–H and O–H groups in total. The molecule has 2 nitrogen and oxygen atoms in total. The minimum absolute atomic E-state index is 0.277. The van der Waals surface area contributed by atoms with Gasteiger partial charge in [-0.1, -0.05) is 19.1 Å². The van der Waals surface area contributed by atoms with E-state index in [9.17, 15) is 4.79 Å². The predicted octanol–water partition coefficient (Wildman–Crippen LogP) is 3.42. The van der Waals surface area contributed by atoms with Gasteiger partial charge >= 0.3 is 0 Å². The molecule has 1 aromatic carbocycles. The zero-order chi connectivity index (χ0) is 12.2. The normalized spacial score (nSPS) is 11.2. The largest absolute Gasteiger partial charge is 0.544 e. The lowest BCUT2D eigenvalue weighted by Gasteiger charge is -2.19. The molecule has 0 saturated heterocycles. The summed E-state index contributed by atoms with van der Waals surface area (Å²) >= 11 is 0. The Bertz CT molecular complexity index is 349. The molecule has 3 heteroatoms. The van der Waals surface area contributed by atoms with Gasteiger partial charge in [0, 0.05) is 12.8 Å². The first-order chi connectivity index (χ1) is 7.40. The van der Waals surface area contributed by atoms with E-state index in [2.05, 4.69) is 19.6 Å². The highest BCUT2D eigenvalue weighted by molar-refractivity contribution is 6.70. The van der Waals surface area contributed by atoms with Crippen molar-refractivity contribution in [2.24, 2.45) is 0 Å². The van der Waals surface area contributed by atoms with Crippen molar-refractivity contribution >= 4 is 14.1 Å². The van der Waals surface area contributed by atoms with E-state index in [1.165, 1.54) is 0 Å². The zero-order valence-corrected chi connectivity index (χ0v) is 11.5. The van der Waals surface area contributed by atoms with E-state index in [0.29, 0.717) is 12.8 Å². The highest BCUT2D eigenvalue weighted by Crippen LogP contribution is 2.17. The maximum Gasteiger partial charge on any atom is 0.242 e. The summed E-state index contributed by atoms with van der Waals surface area (Å²) in [5.74, 6) is 1.19. The molecule has 0 aliphatic rings. The Morgan fingerprint density at radius 3 is 2.19 bits per heavy atom. The molecular weight excluding hydrogens is 216 g/mol. The lowest BCUT2D eigenvalue weighted by molar-refractivity contribution is -0.118. The minimum atomic E-state index is -1.52. The molecule has 0 spiro atoms. The van der Waals surface area contributed by atoms with E-state index in [1.807, 2.05) is 31.2 Å². The lowest BCUT2D eigenvalue weighted by atomic mass is 10.1. The SMILES string of the molecule is CCC(=O)Cc1ccc(O[Si](C)(C)C)cc1. The highest BCUT2D eigenvalue weighted by atomic mass is 28.4. The van der Waals surface area contributed by atoms with Gasteiger partial charge in [-0.3, -0.25) is 4.79 Å². The minimum Gasteiger partial charge on any atom is -0.544 e. The molecule has 0 saturated carbocycles. The van der Waals surface area contributed by atoms with Crippen LogP contribution in [0.3, 0.4) is 0 Å². The summed E-state index contributed by atoms with van der Waals surface area (Å²) in [7, 11) is -1.52. The van der Waals surface area contributed by atoms with Gasteiger partial charge in [-0.2, -0.15) is 0 Å². The van der Waals surface area contributed by atoms with Crippen LogP contribution < -0.4 is 4.43 Å². The van der Waals surface area contributed by atoms with Crippen LogP contribution in [-0.2, 0) is 11.2 Å². The second-order valence-corrected chi connectivity index (χ2v) is 9.36. The van der Waals surface area contributed by atoms with Crippen LogP contribution in [0.4, 0.5) is 0 Å². The maximum absolute atomic E-state index is 11.3. The van der Waals surface area contributed by atoms with E-state index in [0.717, 1.165) is 11.3 Å². The summed E-state index contributed by atoms with van der Waals surface area (Å²) in [5.41, 5.74) is 1.06. The van der Waals surface area contributed by atoms with Crippen molar-refractivity contribution in [1.29, 1.82) is 0 Å².